The van der Waals surface area contributed by atoms with Crippen LogP contribution >= 0.6 is 0 Å². The molecule has 5 N–H and O–H groups in total. The van der Waals surface area contributed by atoms with E-state index >= 15 is 0 Å². The van der Waals surface area contributed by atoms with Crippen LogP contribution in [0.4, 0.5) is 0 Å². The Morgan fingerprint density at radius 2 is 1.97 bits per heavy atom. The van der Waals surface area contributed by atoms with E-state index in [-0.39, 0.29) is 25.3 Å². The summed E-state index contributed by atoms with van der Waals surface area (Å²) >= 11 is 0. The number of fused-ring (bicyclic) bond motifs is 1. The van der Waals surface area contributed by atoms with Gasteiger partial charge in [0, 0.05) is 6.08 Å². The molecule has 2 rings (SSSR count). The van der Waals surface area contributed by atoms with E-state index in [0.717, 1.165) is 24.3 Å². The Hall–Kier alpha value is -2.14. The van der Waals surface area contributed by atoms with Gasteiger partial charge in [0.05, 0.1) is 31.2 Å². The van der Waals surface area contributed by atoms with E-state index in [9.17, 15) is 10.1 Å². The molecule has 2 aliphatic rings. The Morgan fingerprint density at radius 1 is 1.27 bits per heavy atom. The second-order valence-electron chi connectivity index (χ2n) is 7.57. The van der Waals surface area contributed by atoms with Gasteiger partial charge in [-0.15, -0.1) is 0 Å². The Morgan fingerprint density at radius 3 is 2.63 bits per heavy atom. The summed E-state index contributed by atoms with van der Waals surface area (Å²) in [6.45, 7) is 2.28. The number of ether oxygens (including phenoxy) is 1. The average molecular weight is 426 g/mol. The monoisotopic (exact) mass is 425 g/mol. The van der Waals surface area contributed by atoms with Crippen molar-refractivity contribution in [1.82, 2.24) is 15.9 Å². The van der Waals surface area contributed by atoms with Crippen LogP contribution in [0.2, 0.25) is 0 Å². The van der Waals surface area contributed by atoms with Crippen LogP contribution in [0, 0.1) is 10.1 Å². The van der Waals surface area contributed by atoms with Crippen LogP contribution in [0.15, 0.2) is 35.6 Å². The lowest BCUT2D eigenvalue weighted by atomic mass is 10.1. The van der Waals surface area contributed by atoms with Crippen LogP contribution in [-0.2, 0) is 9.68 Å². The predicted molar refractivity (Wildman–Crippen MR) is 112 cm³/mol. The highest BCUT2D eigenvalue weighted by Crippen LogP contribution is 2.27. The number of rotatable bonds is 16. The van der Waals surface area contributed by atoms with Gasteiger partial charge in [-0.05, 0) is 28.9 Å². The second-order valence-corrected chi connectivity index (χ2v) is 7.57. The third-order valence-electron chi connectivity index (χ3n) is 5.01. The predicted octanol–water partition coefficient (Wildman–Crippen LogP) is 2.38. The number of hydroxylamine groups is 3. The van der Waals surface area contributed by atoms with E-state index < -0.39 is 11.0 Å². The third-order valence-corrected chi connectivity index (χ3v) is 5.01. The van der Waals surface area contributed by atoms with Crippen LogP contribution in [0.5, 0.6) is 0 Å². The molecule has 0 saturated heterocycles. The maximum atomic E-state index is 11.2. The Balaban J connectivity index is 1.88. The fourth-order valence-electron chi connectivity index (χ4n) is 3.29. The minimum Gasteiger partial charge on any atom is -0.395 e. The van der Waals surface area contributed by atoms with Crippen molar-refractivity contribution in [2.24, 2.45) is 5.73 Å². The summed E-state index contributed by atoms with van der Waals surface area (Å²) in [5.74, 6) is -0.181. The molecule has 0 aromatic heterocycles. The third kappa shape index (κ3) is 7.60. The number of hydrogen-bond donors (Lipinski definition) is 4. The first-order valence-electron chi connectivity index (χ1n) is 10.8. The number of nitrogens with two attached hydrogens (primary N) is 1. The van der Waals surface area contributed by atoms with E-state index in [4.69, 9.17) is 20.5 Å². The van der Waals surface area contributed by atoms with E-state index in [2.05, 4.69) is 17.7 Å². The molecular formula is C20H35N5O5. The molecule has 0 amide bonds. The van der Waals surface area contributed by atoms with E-state index in [1.807, 2.05) is 0 Å². The molecule has 0 spiro atoms. The number of nitrogens with zero attached hydrogens (tertiary/aromatic N) is 2. The number of hydrogen-bond acceptors (Lipinski definition) is 9. The number of aliphatic hydroxyl groups is 1. The first-order chi connectivity index (χ1) is 14.6. The molecule has 170 valence electrons. The van der Waals surface area contributed by atoms with Crippen molar-refractivity contribution < 1.29 is 19.7 Å². The van der Waals surface area contributed by atoms with Crippen molar-refractivity contribution in [1.29, 1.82) is 0 Å². The zero-order valence-electron chi connectivity index (χ0n) is 17.7. The second kappa shape index (κ2) is 13.2. The average Bonchev–Trinajstić information content (AvgIpc) is 3.23. The minimum atomic E-state index is -0.511. The molecule has 10 nitrogen and oxygen atoms in total. The quantitative estimate of drug-likeness (QED) is 0.127. The first-order valence-corrected chi connectivity index (χ1v) is 10.8. The Bertz CT molecular complexity index is 637. The zero-order valence-corrected chi connectivity index (χ0v) is 17.7. The van der Waals surface area contributed by atoms with Crippen molar-refractivity contribution in [3.63, 3.8) is 0 Å². The van der Waals surface area contributed by atoms with Crippen molar-refractivity contribution in [2.45, 2.75) is 77.0 Å². The lowest BCUT2D eigenvalue weighted by Gasteiger charge is -2.25. The molecule has 0 aromatic carbocycles. The molecule has 0 radical (unpaired) electrons. The molecule has 2 atom stereocenters. The standard InChI is InChI=1S/C20H35N5O5/c1-2-3-4-5-6-7-8-9-10-19(29-15-16(21)14-26)23-17-11-12-20(25(27)28)24-18(17)13-22-30-24/h11-13,16,19,22-23,26H,2-10,14-15,21H2,1H3/t16?,19-/m0/s1. The SMILES string of the molecule is CCCCCCCCCC[C@@H](NC1=CC=C([N+](=O)[O-])N2ONC=C12)OCC(N)CO. The van der Waals surface area contributed by atoms with Gasteiger partial charge in [-0.25, -0.2) is 5.48 Å². The van der Waals surface area contributed by atoms with Crippen molar-refractivity contribution >= 4 is 0 Å². The summed E-state index contributed by atoms with van der Waals surface area (Å²) in [6.07, 6.45) is 14.7. The smallest absolute Gasteiger partial charge is 0.355 e. The fraction of sp³-hybridized carbons (Fsp3) is 0.700. The van der Waals surface area contributed by atoms with Crippen LogP contribution in [0.25, 0.3) is 0 Å². The van der Waals surface area contributed by atoms with Gasteiger partial charge in [0.2, 0.25) is 5.70 Å². The molecule has 0 aliphatic carbocycles. The van der Waals surface area contributed by atoms with Crippen molar-refractivity contribution in [2.75, 3.05) is 13.2 Å². The normalized spacial score (nSPS) is 17.4. The van der Waals surface area contributed by atoms with Gasteiger partial charge in [0.25, 0.3) is 0 Å². The van der Waals surface area contributed by atoms with Gasteiger partial charge >= 0.3 is 5.82 Å². The summed E-state index contributed by atoms with van der Waals surface area (Å²) in [4.78, 5) is 15.8. The molecule has 2 aliphatic heterocycles. The fourth-order valence-corrected chi connectivity index (χ4v) is 3.29. The van der Waals surface area contributed by atoms with E-state index in [1.54, 1.807) is 12.3 Å². The van der Waals surface area contributed by atoms with Gasteiger partial charge in [-0.2, -0.15) is 0 Å². The zero-order chi connectivity index (χ0) is 21.8. The number of allylic oxidation sites excluding steroid dienone is 2. The van der Waals surface area contributed by atoms with Crippen LogP contribution in [0.3, 0.4) is 0 Å². The Labute approximate surface area is 177 Å². The minimum absolute atomic E-state index is 0.154. The van der Waals surface area contributed by atoms with Gasteiger partial charge in [0.15, 0.2) is 0 Å². The highest BCUT2D eigenvalue weighted by Gasteiger charge is 2.37. The topological polar surface area (TPSA) is 135 Å². The van der Waals surface area contributed by atoms with Gasteiger partial charge in [0.1, 0.15) is 6.23 Å². The molecule has 10 heteroatoms. The molecule has 0 saturated carbocycles. The lowest BCUT2D eigenvalue weighted by molar-refractivity contribution is -0.465. The van der Waals surface area contributed by atoms with E-state index in [0.29, 0.717) is 11.4 Å². The molecule has 0 aromatic rings. The number of unbranched alkanes of at least 4 members (excludes halogenated alkanes) is 7. The summed E-state index contributed by atoms with van der Waals surface area (Å²) in [7, 11) is 0. The summed E-state index contributed by atoms with van der Waals surface area (Å²) in [5.41, 5.74) is 9.46. The summed E-state index contributed by atoms with van der Waals surface area (Å²) in [5, 5.41) is 24.7. The molecule has 0 bridgehead atoms. The Kier molecular flexibility index (Phi) is 10.6. The number of nitrogens with one attached hydrogen (secondary N) is 2. The maximum absolute atomic E-state index is 11.2. The molecule has 0 fully saturated rings. The largest absolute Gasteiger partial charge is 0.395 e. The van der Waals surface area contributed by atoms with Crippen LogP contribution < -0.4 is 16.5 Å². The first kappa shape index (κ1) is 24.1. The highest BCUT2D eigenvalue weighted by atomic mass is 16.8. The maximum Gasteiger partial charge on any atom is 0.355 e. The van der Waals surface area contributed by atoms with Crippen molar-refractivity contribution in [3.8, 4) is 0 Å². The van der Waals surface area contributed by atoms with Crippen LogP contribution in [-0.4, -0.2) is 40.6 Å². The molecule has 30 heavy (non-hydrogen) atoms. The van der Waals surface area contributed by atoms with E-state index in [1.165, 1.54) is 44.6 Å². The summed E-state index contributed by atoms with van der Waals surface area (Å²) < 4.78 is 5.88. The lowest BCUT2D eigenvalue weighted by Crippen LogP contribution is -2.40. The molecule has 2 heterocycles. The van der Waals surface area contributed by atoms with Crippen molar-refractivity contribution in [3.05, 3.63) is 45.7 Å². The number of aliphatic hydroxyl groups excluding tert-OH is 1. The van der Waals surface area contributed by atoms with Crippen LogP contribution in [0.1, 0.15) is 64.7 Å². The van der Waals surface area contributed by atoms with Gasteiger partial charge in [-0.3, -0.25) is 0 Å². The van der Waals surface area contributed by atoms with Gasteiger partial charge < -0.3 is 31.0 Å². The number of nitro groups is 1. The molecule has 1 unspecified atom stereocenters. The molecular weight excluding hydrogens is 390 g/mol. The summed E-state index contributed by atoms with van der Waals surface area (Å²) in [6, 6.07) is -0.457. The van der Waals surface area contributed by atoms with Gasteiger partial charge in [-0.1, -0.05) is 56.8 Å². The highest BCUT2D eigenvalue weighted by molar-refractivity contribution is 5.37.